The minimum atomic E-state index is -3.83. The number of hydrogen-bond donors (Lipinski definition) is 1. The van der Waals surface area contributed by atoms with Crippen LogP contribution in [0.3, 0.4) is 0 Å². The number of carbonyl (C=O) groups is 1. The lowest BCUT2D eigenvalue weighted by atomic mass is 10.2. The first-order chi connectivity index (χ1) is 12.8. The second-order valence-corrected chi connectivity index (χ2v) is 8.34. The predicted molar refractivity (Wildman–Crippen MR) is 97.3 cm³/mol. The van der Waals surface area contributed by atoms with E-state index >= 15 is 0 Å². The van der Waals surface area contributed by atoms with E-state index < -0.39 is 34.3 Å². The summed E-state index contributed by atoms with van der Waals surface area (Å²) in [6.45, 7) is 0.00799. The second-order valence-electron chi connectivity index (χ2n) is 5.98. The Labute approximate surface area is 160 Å². The van der Waals surface area contributed by atoms with E-state index in [1.165, 1.54) is 4.31 Å². The van der Waals surface area contributed by atoms with Crippen molar-refractivity contribution in [3.05, 3.63) is 64.7 Å². The molecule has 1 aliphatic heterocycles. The summed E-state index contributed by atoms with van der Waals surface area (Å²) in [7, 11) is -3.83. The average Bonchev–Trinajstić information content (AvgIpc) is 2.85. The Morgan fingerprint density at radius 1 is 1.11 bits per heavy atom. The van der Waals surface area contributed by atoms with Gasteiger partial charge in [-0.2, -0.15) is 17.0 Å². The molecular formula is C17H16ClF2N3O3S. The van der Waals surface area contributed by atoms with Crippen molar-refractivity contribution in [2.75, 3.05) is 25.0 Å². The molecule has 0 radical (unpaired) electrons. The summed E-state index contributed by atoms with van der Waals surface area (Å²) in [6.07, 6.45) is 0. The van der Waals surface area contributed by atoms with Crippen molar-refractivity contribution in [2.24, 2.45) is 0 Å². The van der Waals surface area contributed by atoms with Crippen LogP contribution in [0.2, 0.25) is 5.02 Å². The van der Waals surface area contributed by atoms with Gasteiger partial charge in [-0.3, -0.25) is 4.79 Å². The van der Waals surface area contributed by atoms with Gasteiger partial charge in [-0.25, -0.2) is 8.78 Å². The number of nitrogens with zero attached hydrogens (tertiary/aromatic N) is 2. The van der Waals surface area contributed by atoms with Crippen LogP contribution in [0.15, 0.2) is 42.5 Å². The van der Waals surface area contributed by atoms with Crippen LogP contribution >= 0.6 is 11.6 Å². The molecule has 2 aromatic carbocycles. The zero-order valence-electron chi connectivity index (χ0n) is 14.0. The Balaban J connectivity index is 1.64. The van der Waals surface area contributed by atoms with Crippen LogP contribution in [0.1, 0.15) is 5.56 Å². The van der Waals surface area contributed by atoms with Gasteiger partial charge >= 0.3 is 0 Å². The lowest BCUT2D eigenvalue weighted by Gasteiger charge is -2.18. The quantitative estimate of drug-likeness (QED) is 0.816. The number of carbonyl (C=O) groups excluding carboxylic acids is 1. The van der Waals surface area contributed by atoms with Crippen molar-refractivity contribution < 1.29 is 22.0 Å². The van der Waals surface area contributed by atoms with Crippen LogP contribution in [0.25, 0.3) is 0 Å². The van der Waals surface area contributed by atoms with Crippen LogP contribution in [0.5, 0.6) is 0 Å². The number of halogens is 3. The molecule has 1 saturated heterocycles. The lowest BCUT2D eigenvalue weighted by molar-refractivity contribution is -0.116. The molecule has 1 fully saturated rings. The molecule has 0 atom stereocenters. The summed E-state index contributed by atoms with van der Waals surface area (Å²) >= 11 is 5.91. The maximum absolute atomic E-state index is 13.6. The van der Waals surface area contributed by atoms with E-state index in [4.69, 9.17) is 11.6 Å². The number of anilines is 1. The molecule has 2 aromatic rings. The van der Waals surface area contributed by atoms with Crippen LogP contribution in [-0.4, -0.2) is 42.6 Å². The zero-order valence-corrected chi connectivity index (χ0v) is 15.6. The molecule has 0 aromatic heterocycles. The fraction of sp³-hybridized carbons (Fsp3) is 0.235. The summed E-state index contributed by atoms with van der Waals surface area (Å²) in [5.41, 5.74) is 0.513. The molecule has 6 nitrogen and oxygen atoms in total. The third-order valence-electron chi connectivity index (χ3n) is 4.02. The van der Waals surface area contributed by atoms with Crippen LogP contribution in [-0.2, 0) is 21.5 Å². The first kappa shape index (κ1) is 19.7. The monoisotopic (exact) mass is 415 g/mol. The molecule has 27 heavy (non-hydrogen) atoms. The van der Waals surface area contributed by atoms with Gasteiger partial charge in [-0.1, -0.05) is 23.7 Å². The Bertz CT molecular complexity index is 972. The number of amides is 1. The van der Waals surface area contributed by atoms with E-state index in [-0.39, 0.29) is 25.3 Å². The Hall–Kier alpha value is -2.07. The molecule has 0 spiro atoms. The standard InChI is InChI=1S/C17H16ClF2N3O3S/c18-13-3-1-2-12(8-13)10-22-6-7-23(27(22,25)26)11-17(24)21-16-5-4-14(19)9-15(16)20/h1-5,8-9H,6-7,10-11H2,(H,21,24). The molecule has 144 valence electrons. The highest BCUT2D eigenvalue weighted by molar-refractivity contribution is 7.87. The molecule has 1 amide bonds. The van der Waals surface area contributed by atoms with E-state index in [2.05, 4.69) is 5.32 Å². The highest BCUT2D eigenvalue weighted by Gasteiger charge is 2.37. The van der Waals surface area contributed by atoms with Crippen LogP contribution in [0, 0.1) is 11.6 Å². The molecule has 3 rings (SSSR count). The fourth-order valence-electron chi connectivity index (χ4n) is 2.72. The predicted octanol–water partition coefficient (Wildman–Crippen LogP) is 2.62. The van der Waals surface area contributed by atoms with Crippen molar-refractivity contribution in [3.63, 3.8) is 0 Å². The number of nitrogens with one attached hydrogen (secondary N) is 1. The van der Waals surface area contributed by atoms with Crippen molar-refractivity contribution in [2.45, 2.75) is 6.54 Å². The maximum Gasteiger partial charge on any atom is 0.282 e. The van der Waals surface area contributed by atoms with Crippen molar-refractivity contribution in [3.8, 4) is 0 Å². The highest BCUT2D eigenvalue weighted by atomic mass is 35.5. The van der Waals surface area contributed by atoms with Gasteiger partial charge < -0.3 is 5.32 Å². The van der Waals surface area contributed by atoms with E-state index in [9.17, 15) is 22.0 Å². The van der Waals surface area contributed by atoms with E-state index in [0.29, 0.717) is 11.1 Å². The highest BCUT2D eigenvalue weighted by Crippen LogP contribution is 2.21. The van der Waals surface area contributed by atoms with Gasteiger partial charge in [-0.05, 0) is 29.8 Å². The van der Waals surface area contributed by atoms with Gasteiger partial charge in [-0.15, -0.1) is 0 Å². The first-order valence-electron chi connectivity index (χ1n) is 8.00. The van der Waals surface area contributed by atoms with Gasteiger partial charge in [0.1, 0.15) is 11.6 Å². The Morgan fingerprint density at radius 3 is 2.56 bits per heavy atom. The first-order valence-corrected chi connectivity index (χ1v) is 9.78. The minimum absolute atomic E-state index is 0.127. The topological polar surface area (TPSA) is 69.7 Å². The number of hydrogen-bond acceptors (Lipinski definition) is 3. The summed E-state index contributed by atoms with van der Waals surface area (Å²) in [5, 5.41) is 2.75. The summed E-state index contributed by atoms with van der Waals surface area (Å²) in [6, 6.07) is 9.55. The molecule has 1 heterocycles. The van der Waals surface area contributed by atoms with Gasteiger partial charge in [0.2, 0.25) is 5.91 Å². The molecule has 10 heteroatoms. The van der Waals surface area contributed by atoms with Crippen molar-refractivity contribution in [1.29, 1.82) is 0 Å². The molecule has 1 N–H and O–H groups in total. The Kier molecular flexibility index (Phi) is 5.75. The molecule has 0 saturated carbocycles. The molecule has 0 unspecified atom stereocenters. The lowest BCUT2D eigenvalue weighted by Crippen LogP contribution is -2.38. The molecule has 1 aliphatic rings. The largest absolute Gasteiger partial charge is 0.322 e. The second kappa shape index (κ2) is 7.89. The van der Waals surface area contributed by atoms with E-state index in [1.54, 1.807) is 24.3 Å². The molecule has 0 aliphatic carbocycles. The normalized spacial score (nSPS) is 17.1. The molecule has 0 bridgehead atoms. The smallest absolute Gasteiger partial charge is 0.282 e. The summed E-state index contributed by atoms with van der Waals surface area (Å²) in [5.74, 6) is -2.42. The summed E-state index contributed by atoms with van der Waals surface area (Å²) in [4.78, 5) is 12.1. The maximum atomic E-state index is 13.6. The fourth-order valence-corrected chi connectivity index (χ4v) is 4.47. The van der Waals surface area contributed by atoms with E-state index in [0.717, 1.165) is 22.0 Å². The van der Waals surface area contributed by atoms with Crippen molar-refractivity contribution >= 4 is 33.4 Å². The van der Waals surface area contributed by atoms with Crippen molar-refractivity contribution in [1.82, 2.24) is 8.61 Å². The average molecular weight is 416 g/mol. The molecular weight excluding hydrogens is 400 g/mol. The Morgan fingerprint density at radius 2 is 1.85 bits per heavy atom. The van der Waals surface area contributed by atoms with E-state index in [1.807, 2.05) is 0 Å². The number of benzene rings is 2. The van der Waals surface area contributed by atoms with Gasteiger partial charge in [0.25, 0.3) is 10.2 Å². The van der Waals surface area contributed by atoms with Crippen LogP contribution < -0.4 is 5.32 Å². The number of rotatable bonds is 5. The van der Waals surface area contributed by atoms with Gasteiger partial charge in [0.05, 0.1) is 12.2 Å². The third kappa shape index (κ3) is 4.62. The van der Waals surface area contributed by atoms with Gasteiger partial charge in [0, 0.05) is 30.7 Å². The summed E-state index contributed by atoms with van der Waals surface area (Å²) < 4.78 is 54.0. The van der Waals surface area contributed by atoms with Crippen LogP contribution in [0.4, 0.5) is 14.5 Å². The SMILES string of the molecule is O=C(CN1CCN(Cc2cccc(Cl)c2)S1(=O)=O)Nc1ccc(F)cc1F. The zero-order chi connectivity index (χ0) is 19.6. The third-order valence-corrected chi connectivity index (χ3v) is 6.19. The minimum Gasteiger partial charge on any atom is -0.322 e. The van der Waals surface area contributed by atoms with Gasteiger partial charge in [0.15, 0.2) is 0 Å².